The minimum absolute atomic E-state index is 0.0915. The van der Waals surface area contributed by atoms with Gasteiger partial charge in [-0.2, -0.15) is 0 Å². The van der Waals surface area contributed by atoms with Crippen molar-refractivity contribution in [1.82, 2.24) is 10.1 Å². The van der Waals surface area contributed by atoms with Crippen molar-refractivity contribution in [2.45, 2.75) is 19.8 Å². The minimum Gasteiger partial charge on any atom is -0.497 e. The SMILES string of the molecule is COc1cccc(NC(=O)N2CCC(C(=O)Nc3cc(C)on3)CC2)c1. The molecule has 1 fully saturated rings. The molecule has 8 heteroatoms. The van der Waals surface area contributed by atoms with Crippen molar-refractivity contribution in [1.29, 1.82) is 0 Å². The van der Waals surface area contributed by atoms with Crippen LogP contribution in [0.15, 0.2) is 34.9 Å². The lowest BCUT2D eigenvalue weighted by Crippen LogP contribution is -2.43. The van der Waals surface area contributed by atoms with Crippen LogP contribution in [0.3, 0.4) is 0 Å². The first kappa shape index (κ1) is 17.8. The number of nitrogens with zero attached hydrogens (tertiary/aromatic N) is 2. The summed E-state index contributed by atoms with van der Waals surface area (Å²) < 4.78 is 10.1. The molecule has 8 nitrogen and oxygen atoms in total. The van der Waals surface area contributed by atoms with E-state index in [4.69, 9.17) is 9.26 Å². The topological polar surface area (TPSA) is 96.7 Å². The summed E-state index contributed by atoms with van der Waals surface area (Å²) in [6.45, 7) is 2.81. The quantitative estimate of drug-likeness (QED) is 0.876. The Kier molecular flexibility index (Phi) is 5.40. The number of methoxy groups -OCH3 is 1. The molecule has 3 amide bonds. The van der Waals surface area contributed by atoms with Crippen LogP contribution in [0.2, 0.25) is 0 Å². The monoisotopic (exact) mass is 358 g/mol. The van der Waals surface area contributed by atoms with Gasteiger partial charge < -0.3 is 24.8 Å². The highest BCUT2D eigenvalue weighted by atomic mass is 16.5. The van der Waals surface area contributed by atoms with Crippen molar-refractivity contribution in [3.05, 3.63) is 36.1 Å². The van der Waals surface area contributed by atoms with Crippen molar-refractivity contribution < 1.29 is 18.8 Å². The normalized spacial score (nSPS) is 14.8. The van der Waals surface area contributed by atoms with Crippen LogP contribution < -0.4 is 15.4 Å². The van der Waals surface area contributed by atoms with E-state index >= 15 is 0 Å². The van der Waals surface area contributed by atoms with Gasteiger partial charge in [0.05, 0.1) is 7.11 Å². The van der Waals surface area contributed by atoms with Gasteiger partial charge in [-0.15, -0.1) is 0 Å². The molecule has 2 N–H and O–H groups in total. The van der Waals surface area contributed by atoms with E-state index in [1.807, 2.05) is 12.1 Å². The molecule has 138 valence electrons. The van der Waals surface area contributed by atoms with E-state index in [2.05, 4.69) is 15.8 Å². The number of carbonyl (C=O) groups is 2. The van der Waals surface area contributed by atoms with Gasteiger partial charge in [0.25, 0.3) is 0 Å². The maximum Gasteiger partial charge on any atom is 0.321 e. The van der Waals surface area contributed by atoms with Crippen LogP contribution in [0.5, 0.6) is 5.75 Å². The molecule has 2 heterocycles. The summed E-state index contributed by atoms with van der Waals surface area (Å²) in [5, 5.41) is 9.37. The van der Waals surface area contributed by atoms with Crippen LogP contribution in [0.1, 0.15) is 18.6 Å². The number of urea groups is 1. The number of rotatable bonds is 4. The summed E-state index contributed by atoms with van der Waals surface area (Å²) in [5.41, 5.74) is 0.676. The first-order valence-corrected chi connectivity index (χ1v) is 8.49. The van der Waals surface area contributed by atoms with E-state index in [0.717, 1.165) is 0 Å². The third-order valence-electron chi connectivity index (χ3n) is 4.35. The Morgan fingerprint density at radius 1 is 1.23 bits per heavy atom. The molecule has 3 rings (SSSR count). The first-order chi connectivity index (χ1) is 12.5. The zero-order valence-corrected chi connectivity index (χ0v) is 14.8. The number of hydrogen-bond donors (Lipinski definition) is 2. The number of likely N-dealkylation sites (tertiary alicyclic amines) is 1. The van der Waals surface area contributed by atoms with Gasteiger partial charge in [-0.05, 0) is 31.9 Å². The molecule has 0 unspecified atom stereocenters. The molecule has 1 aromatic heterocycles. The predicted octanol–water partition coefficient (Wildman–Crippen LogP) is 2.87. The highest BCUT2D eigenvalue weighted by Crippen LogP contribution is 2.21. The van der Waals surface area contributed by atoms with Crippen molar-refractivity contribution >= 4 is 23.4 Å². The van der Waals surface area contributed by atoms with E-state index in [1.54, 1.807) is 37.1 Å². The summed E-state index contributed by atoms with van der Waals surface area (Å²) >= 11 is 0. The second kappa shape index (κ2) is 7.90. The molecule has 1 aromatic carbocycles. The Hall–Kier alpha value is -3.03. The number of hydrogen-bond acceptors (Lipinski definition) is 5. The number of ether oxygens (including phenoxy) is 1. The molecule has 2 aromatic rings. The zero-order valence-electron chi connectivity index (χ0n) is 14.8. The van der Waals surface area contributed by atoms with E-state index in [0.29, 0.717) is 48.9 Å². The lowest BCUT2D eigenvalue weighted by Gasteiger charge is -2.31. The van der Waals surface area contributed by atoms with Crippen molar-refractivity contribution in [3.8, 4) is 5.75 Å². The Bertz CT molecular complexity index is 781. The Labute approximate surface area is 151 Å². The molecule has 0 radical (unpaired) electrons. The van der Waals surface area contributed by atoms with Crippen LogP contribution in [0, 0.1) is 12.8 Å². The third kappa shape index (κ3) is 4.33. The molecule has 0 aliphatic carbocycles. The Balaban J connectivity index is 1.49. The summed E-state index contributed by atoms with van der Waals surface area (Å²) in [6, 6.07) is 8.70. The zero-order chi connectivity index (χ0) is 18.5. The largest absolute Gasteiger partial charge is 0.497 e. The average molecular weight is 358 g/mol. The Morgan fingerprint density at radius 2 is 2.00 bits per heavy atom. The molecule has 0 saturated carbocycles. The maximum atomic E-state index is 12.4. The van der Waals surface area contributed by atoms with Gasteiger partial charge >= 0.3 is 6.03 Å². The van der Waals surface area contributed by atoms with Gasteiger partial charge in [-0.25, -0.2) is 4.79 Å². The van der Waals surface area contributed by atoms with Gasteiger partial charge in [-0.3, -0.25) is 4.79 Å². The molecular formula is C18H22N4O4. The highest BCUT2D eigenvalue weighted by molar-refractivity contribution is 5.92. The molecule has 1 aliphatic heterocycles. The number of benzene rings is 1. The van der Waals surface area contributed by atoms with Crippen LogP contribution in [-0.4, -0.2) is 42.2 Å². The lowest BCUT2D eigenvalue weighted by atomic mass is 9.96. The minimum atomic E-state index is -0.177. The molecule has 1 aliphatic rings. The van der Waals surface area contributed by atoms with E-state index < -0.39 is 0 Å². The summed E-state index contributed by atoms with van der Waals surface area (Å²) in [4.78, 5) is 26.4. The molecule has 0 bridgehead atoms. The average Bonchev–Trinajstić information content (AvgIpc) is 3.06. The number of piperidine rings is 1. The summed E-state index contributed by atoms with van der Waals surface area (Å²) in [7, 11) is 1.58. The number of amides is 3. The fourth-order valence-electron chi connectivity index (χ4n) is 2.90. The first-order valence-electron chi connectivity index (χ1n) is 8.49. The number of nitrogens with one attached hydrogen (secondary N) is 2. The third-order valence-corrected chi connectivity index (χ3v) is 4.35. The van der Waals surface area contributed by atoms with Crippen LogP contribution in [-0.2, 0) is 4.79 Å². The number of carbonyl (C=O) groups excluding carboxylic acids is 2. The van der Waals surface area contributed by atoms with Crippen molar-refractivity contribution in [3.63, 3.8) is 0 Å². The van der Waals surface area contributed by atoms with Crippen molar-refractivity contribution in [2.24, 2.45) is 5.92 Å². The summed E-state index contributed by atoms with van der Waals surface area (Å²) in [5.74, 6) is 1.51. The highest BCUT2D eigenvalue weighted by Gasteiger charge is 2.27. The molecular weight excluding hydrogens is 336 g/mol. The van der Waals surface area contributed by atoms with E-state index in [-0.39, 0.29) is 17.9 Å². The fraction of sp³-hybridized carbons (Fsp3) is 0.389. The second-order valence-corrected chi connectivity index (χ2v) is 6.24. The second-order valence-electron chi connectivity index (χ2n) is 6.24. The molecule has 26 heavy (non-hydrogen) atoms. The fourth-order valence-corrected chi connectivity index (χ4v) is 2.90. The van der Waals surface area contributed by atoms with Crippen LogP contribution in [0.4, 0.5) is 16.3 Å². The van der Waals surface area contributed by atoms with Crippen LogP contribution >= 0.6 is 0 Å². The molecule has 0 spiro atoms. The molecule has 0 atom stereocenters. The Morgan fingerprint density at radius 3 is 2.65 bits per heavy atom. The van der Waals surface area contributed by atoms with E-state index in [9.17, 15) is 9.59 Å². The van der Waals surface area contributed by atoms with Crippen LogP contribution in [0.25, 0.3) is 0 Å². The molecule has 1 saturated heterocycles. The van der Waals surface area contributed by atoms with Gasteiger partial charge in [0.15, 0.2) is 5.82 Å². The number of aryl methyl sites for hydroxylation is 1. The summed E-state index contributed by atoms with van der Waals surface area (Å²) in [6.07, 6.45) is 1.21. The number of anilines is 2. The standard InChI is InChI=1S/C18H22N4O4/c1-12-10-16(21-26-12)20-17(23)13-6-8-22(9-7-13)18(24)19-14-4-3-5-15(11-14)25-2/h3-5,10-11,13H,6-9H2,1-2H3,(H,19,24)(H,20,21,23). The van der Waals surface area contributed by atoms with Crippen molar-refractivity contribution in [2.75, 3.05) is 30.8 Å². The number of aromatic nitrogens is 1. The van der Waals surface area contributed by atoms with Gasteiger partial charge in [-0.1, -0.05) is 11.2 Å². The smallest absolute Gasteiger partial charge is 0.321 e. The van der Waals surface area contributed by atoms with Gasteiger partial charge in [0, 0.05) is 36.8 Å². The predicted molar refractivity (Wildman–Crippen MR) is 96.2 cm³/mol. The van der Waals surface area contributed by atoms with Gasteiger partial charge in [0.2, 0.25) is 5.91 Å². The van der Waals surface area contributed by atoms with Gasteiger partial charge in [0.1, 0.15) is 11.5 Å². The lowest BCUT2D eigenvalue weighted by molar-refractivity contribution is -0.121. The van der Waals surface area contributed by atoms with E-state index in [1.165, 1.54) is 0 Å². The maximum absolute atomic E-state index is 12.4.